The van der Waals surface area contributed by atoms with E-state index in [9.17, 15) is 9.59 Å². The summed E-state index contributed by atoms with van der Waals surface area (Å²) in [6.07, 6.45) is 3.50. The molecule has 0 spiro atoms. The highest BCUT2D eigenvalue weighted by Gasteiger charge is 2.29. The lowest BCUT2D eigenvalue weighted by Crippen LogP contribution is -2.50. The van der Waals surface area contributed by atoms with Crippen molar-refractivity contribution in [1.29, 1.82) is 0 Å². The lowest BCUT2D eigenvalue weighted by molar-refractivity contribution is -0.147. The Kier molecular flexibility index (Phi) is 8.11. The number of amides is 1. The molecule has 0 aromatic heterocycles. The molecule has 1 amide bonds. The first-order chi connectivity index (χ1) is 9.93. The maximum absolute atomic E-state index is 12.1. The summed E-state index contributed by atoms with van der Waals surface area (Å²) >= 11 is 1.86. The van der Waals surface area contributed by atoms with Gasteiger partial charge in [-0.05, 0) is 44.3 Å². The van der Waals surface area contributed by atoms with E-state index in [0.29, 0.717) is 30.6 Å². The average molecular weight is 316 g/mol. The Morgan fingerprint density at radius 1 is 1.43 bits per heavy atom. The predicted molar refractivity (Wildman–Crippen MR) is 86.1 cm³/mol. The van der Waals surface area contributed by atoms with Crippen LogP contribution in [0.1, 0.15) is 46.5 Å². The quantitative estimate of drug-likeness (QED) is 0.666. The zero-order valence-corrected chi connectivity index (χ0v) is 14.1. The van der Waals surface area contributed by atoms with Crippen LogP contribution in [0.5, 0.6) is 0 Å². The molecule has 0 unspecified atom stereocenters. The molecule has 0 aromatic carbocycles. The molecular weight excluding hydrogens is 288 g/mol. The van der Waals surface area contributed by atoms with Crippen LogP contribution in [0.15, 0.2) is 0 Å². The number of nitrogens with one attached hydrogen (secondary N) is 1. The minimum absolute atomic E-state index is 0.259. The molecule has 122 valence electrons. The van der Waals surface area contributed by atoms with E-state index in [1.165, 1.54) is 6.42 Å². The monoisotopic (exact) mass is 316 g/mol. The normalized spacial score (nSPS) is 21.1. The van der Waals surface area contributed by atoms with Crippen molar-refractivity contribution in [2.75, 3.05) is 12.4 Å². The van der Waals surface area contributed by atoms with E-state index < -0.39 is 12.1 Å². The van der Waals surface area contributed by atoms with Gasteiger partial charge in [-0.3, -0.25) is 4.79 Å². The molecule has 3 atom stereocenters. The SMILES string of the molecule is CCOC(=O)[C@H](C[C@@H]1CCCS1)NC(=O)[C@@H](N)CC(C)C. The number of thioether (sulfide) groups is 1. The molecule has 1 saturated heterocycles. The standard InChI is InChI=1S/C15H28N2O3S/c1-4-20-15(19)13(9-11-6-5-7-21-11)17-14(18)12(16)8-10(2)3/h10-13H,4-9,16H2,1-3H3,(H,17,18)/t11-,12-,13-/m0/s1. The van der Waals surface area contributed by atoms with Crippen LogP contribution in [0.3, 0.4) is 0 Å². The van der Waals surface area contributed by atoms with Gasteiger partial charge in [-0.25, -0.2) is 4.79 Å². The summed E-state index contributed by atoms with van der Waals surface area (Å²) in [6.45, 7) is 6.13. The predicted octanol–water partition coefficient (Wildman–Crippen LogP) is 1.69. The summed E-state index contributed by atoms with van der Waals surface area (Å²) in [7, 11) is 0. The number of rotatable bonds is 8. The van der Waals surface area contributed by atoms with Gasteiger partial charge in [0.2, 0.25) is 5.91 Å². The van der Waals surface area contributed by atoms with Crippen molar-refractivity contribution in [3.05, 3.63) is 0 Å². The molecule has 1 heterocycles. The van der Waals surface area contributed by atoms with Crippen LogP contribution >= 0.6 is 11.8 Å². The Bertz CT molecular complexity index is 344. The van der Waals surface area contributed by atoms with Crippen LogP contribution < -0.4 is 11.1 Å². The van der Waals surface area contributed by atoms with Crippen molar-refractivity contribution in [2.45, 2.75) is 63.8 Å². The van der Waals surface area contributed by atoms with Crippen molar-refractivity contribution in [1.82, 2.24) is 5.32 Å². The van der Waals surface area contributed by atoms with Gasteiger partial charge in [-0.15, -0.1) is 0 Å². The fourth-order valence-corrected chi connectivity index (χ4v) is 3.77. The molecule has 3 N–H and O–H groups in total. The topological polar surface area (TPSA) is 81.4 Å². The van der Waals surface area contributed by atoms with Gasteiger partial charge >= 0.3 is 5.97 Å². The molecule has 6 heteroatoms. The Labute approximate surface area is 131 Å². The van der Waals surface area contributed by atoms with Gasteiger partial charge in [0.05, 0.1) is 12.6 Å². The second kappa shape index (κ2) is 9.30. The van der Waals surface area contributed by atoms with Gasteiger partial charge in [0.15, 0.2) is 0 Å². The van der Waals surface area contributed by atoms with Crippen molar-refractivity contribution < 1.29 is 14.3 Å². The highest BCUT2D eigenvalue weighted by molar-refractivity contribution is 8.00. The second-order valence-corrected chi connectivity index (χ2v) is 7.33. The highest BCUT2D eigenvalue weighted by atomic mass is 32.2. The number of esters is 1. The molecule has 1 fully saturated rings. The van der Waals surface area contributed by atoms with E-state index in [1.54, 1.807) is 6.92 Å². The molecule has 21 heavy (non-hydrogen) atoms. The fraction of sp³-hybridized carbons (Fsp3) is 0.867. The van der Waals surface area contributed by atoms with Crippen LogP contribution in [0, 0.1) is 5.92 Å². The number of carbonyl (C=O) groups excluding carboxylic acids is 2. The van der Waals surface area contributed by atoms with Crippen LogP contribution in [-0.4, -0.2) is 41.6 Å². The zero-order chi connectivity index (χ0) is 15.8. The minimum Gasteiger partial charge on any atom is -0.464 e. The Hall–Kier alpha value is -0.750. The van der Waals surface area contributed by atoms with Gasteiger partial charge in [-0.2, -0.15) is 11.8 Å². The van der Waals surface area contributed by atoms with E-state index in [2.05, 4.69) is 5.32 Å². The molecule has 1 aliphatic heterocycles. The number of nitrogens with two attached hydrogens (primary N) is 1. The summed E-state index contributed by atoms with van der Waals surface area (Å²) in [5.74, 6) is 0.859. The summed E-state index contributed by atoms with van der Waals surface area (Å²) < 4.78 is 5.07. The molecule has 0 saturated carbocycles. The number of ether oxygens (including phenoxy) is 1. The Morgan fingerprint density at radius 3 is 2.67 bits per heavy atom. The highest BCUT2D eigenvalue weighted by Crippen LogP contribution is 2.29. The van der Waals surface area contributed by atoms with E-state index in [0.717, 1.165) is 12.2 Å². The van der Waals surface area contributed by atoms with Crippen molar-refractivity contribution in [2.24, 2.45) is 11.7 Å². The molecule has 0 radical (unpaired) electrons. The van der Waals surface area contributed by atoms with Gasteiger partial charge < -0.3 is 15.8 Å². The van der Waals surface area contributed by atoms with E-state index >= 15 is 0 Å². The fourth-order valence-electron chi connectivity index (χ4n) is 2.44. The van der Waals surface area contributed by atoms with Gasteiger partial charge in [0, 0.05) is 5.25 Å². The molecule has 1 rings (SSSR count). The smallest absolute Gasteiger partial charge is 0.328 e. The second-order valence-electron chi connectivity index (χ2n) is 5.92. The van der Waals surface area contributed by atoms with Crippen molar-refractivity contribution in [3.63, 3.8) is 0 Å². The maximum Gasteiger partial charge on any atom is 0.328 e. The third kappa shape index (κ3) is 6.70. The number of carbonyl (C=O) groups is 2. The minimum atomic E-state index is -0.578. The first kappa shape index (κ1) is 18.3. The van der Waals surface area contributed by atoms with Gasteiger partial charge in [0.25, 0.3) is 0 Å². The maximum atomic E-state index is 12.1. The van der Waals surface area contributed by atoms with Crippen molar-refractivity contribution >= 4 is 23.6 Å². The Morgan fingerprint density at radius 2 is 2.14 bits per heavy atom. The molecular formula is C15H28N2O3S. The van der Waals surface area contributed by atoms with E-state index in [4.69, 9.17) is 10.5 Å². The van der Waals surface area contributed by atoms with Crippen LogP contribution in [0.4, 0.5) is 0 Å². The van der Waals surface area contributed by atoms with E-state index in [1.807, 2.05) is 25.6 Å². The summed E-state index contributed by atoms with van der Waals surface area (Å²) in [5, 5.41) is 3.20. The summed E-state index contributed by atoms with van der Waals surface area (Å²) in [5.41, 5.74) is 5.88. The summed E-state index contributed by atoms with van der Waals surface area (Å²) in [4.78, 5) is 24.1. The zero-order valence-electron chi connectivity index (χ0n) is 13.3. The first-order valence-corrected chi connectivity index (χ1v) is 8.83. The third-order valence-corrected chi connectivity index (χ3v) is 4.90. The largest absolute Gasteiger partial charge is 0.464 e. The lowest BCUT2D eigenvalue weighted by Gasteiger charge is -2.22. The molecule has 5 nitrogen and oxygen atoms in total. The van der Waals surface area contributed by atoms with E-state index in [-0.39, 0.29) is 11.9 Å². The van der Waals surface area contributed by atoms with Gasteiger partial charge in [0.1, 0.15) is 6.04 Å². The Balaban J connectivity index is 2.58. The third-order valence-electron chi connectivity index (χ3n) is 3.47. The van der Waals surface area contributed by atoms with Gasteiger partial charge in [-0.1, -0.05) is 13.8 Å². The first-order valence-electron chi connectivity index (χ1n) is 7.78. The number of hydrogen-bond donors (Lipinski definition) is 2. The molecule has 0 aliphatic carbocycles. The molecule has 1 aliphatic rings. The summed E-state index contributed by atoms with van der Waals surface area (Å²) in [6, 6.07) is -1.15. The van der Waals surface area contributed by atoms with Crippen LogP contribution in [0.25, 0.3) is 0 Å². The molecule has 0 aromatic rings. The van der Waals surface area contributed by atoms with Crippen molar-refractivity contribution in [3.8, 4) is 0 Å². The van der Waals surface area contributed by atoms with Crippen LogP contribution in [0.2, 0.25) is 0 Å². The number of hydrogen-bond acceptors (Lipinski definition) is 5. The molecule has 0 bridgehead atoms. The lowest BCUT2D eigenvalue weighted by atomic mass is 10.0. The van der Waals surface area contributed by atoms with Crippen LogP contribution in [-0.2, 0) is 14.3 Å². The average Bonchev–Trinajstić information content (AvgIpc) is 2.90.